The summed E-state index contributed by atoms with van der Waals surface area (Å²) in [5.74, 6) is 0.882. The van der Waals surface area contributed by atoms with Crippen LogP contribution in [0.2, 0.25) is 0 Å². The molecule has 0 aliphatic carbocycles. The first kappa shape index (κ1) is 18.1. The number of amidine groups is 1. The molecule has 2 rings (SSSR count). The molecule has 0 spiro atoms. The summed E-state index contributed by atoms with van der Waals surface area (Å²) in [4.78, 5) is 11.6. The molecular formula is C16H19N3OPb2. The van der Waals surface area contributed by atoms with Crippen molar-refractivity contribution in [3.8, 4) is 5.75 Å². The summed E-state index contributed by atoms with van der Waals surface area (Å²) in [6.07, 6.45) is 5.11. The van der Waals surface area contributed by atoms with E-state index < -0.39 is 0 Å². The predicted octanol–water partition coefficient (Wildman–Crippen LogP) is 2.37. The predicted molar refractivity (Wildman–Crippen MR) is 93.8 cm³/mol. The zero-order valence-corrected chi connectivity index (χ0v) is 20.9. The third-order valence-corrected chi connectivity index (χ3v) is 7.57. The molecule has 112 valence electrons. The van der Waals surface area contributed by atoms with E-state index in [9.17, 15) is 0 Å². The maximum absolute atomic E-state index is 5.31. The topological polar surface area (TPSA) is 37.2 Å². The Balaban J connectivity index is 2.19. The van der Waals surface area contributed by atoms with Crippen LogP contribution >= 0.6 is 0 Å². The van der Waals surface area contributed by atoms with Crippen LogP contribution in [0, 0.1) is 0 Å². The first-order valence-electron chi connectivity index (χ1n) is 7.15. The third kappa shape index (κ3) is 4.18. The molecule has 0 amide bonds. The van der Waals surface area contributed by atoms with Crippen LogP contribution in [0.15, 0.2) is 40.3 Å². The van der Waals surface area contributed by atoms with Gasteiger partial charge in [-0.05, 0) is 0 Å². The number of benzene rings is 1. The van der Waals surface area contributed by atoms with Crippen LogP contribution in [0.1, 0.15) is 22.5 Å². The van der Waals surface area contributed by atoms with Gasteiger partial charge in [-0.1, -0.05) is 0 Å². The Bertz CT molecular complexity index is 626. The summed E-state index contributed by atoms with van der Waals surface area (Å²) in [6, 6.07) is 6.25. The average molecular weight is 684 g/mol. The summed E-state index contributed by atoms with van der Waals surface area (Å²) >= 11 is 2.03. The molecule has 6 radical (unpaired) electrons. The number of ether oxygens (including phenoxy) is 1. The summed E-state index contributed by atoms with van der Waals surface area (Å²) in [7, 11) is 3.56. The van der Waals surface area contributed by atoms with Crippen molar-refractivity contribution < 1.29 is 4.74 Å². The van der Waals surface area contributed by atoms with Gasteiger partial charge in [0.2, 0.25) is 0 Å². The molecule has 0 fully saturated rings. The molecule has 1 aromatic carbocycles. The van der Waals surface area contributed by atoms with Crippen LogP contribution in [0.4, 0.5) is 5.69 Å². The number of nitrogens with zero attached hydrogens (tertiary/aromatic N) is 3. The van der Waals surface area contributed by atoms with E-state index in [1.807, 2.05) is 32.2 Å². The van der Waals surface area contributed by atoms with Gasteiger partial charge in [0.1, 0.15) is 0 Å². The molecule has 22 heavy (non-hydrogen) atoms. The molecule has 6 heteroatoms. The SMILES string of the molecule is C/C=C\C(CCN1[C]([Pb])=Nc2cc(OC)ccc2[CH]1[Pb])=NC. The van der Waals surface area contributed by atoms with E-state index in [0.29, 0.717) is 3.60 Å². The molecule has 0 bridgehead atoms. The van der Waals surface area contributed by atoms with Crippen LogP contribution < -0.4 is 4.74 Å². The van der Waals surface area contributed by atoms with E-state index in [1.165, 1.54) is 8.96 Å². The van der Waals surface area contributed by atoms with Gasteiger partial charge >= 0.3 is 165 Å². The van der Waals surface area contributed by atoms with Gasteiger partial charge in [0.25, 0.3) is 0 Å². The first-order chi connectivity index (χ1) is 10.6. The first-order valence-corrected chi connectivity index (χ1v) is 11.3. The molecule has 0 N–H and O–H groups in total. The average Bonchev–Trinajstić information content (AvgIpc) is 2.52. The van der Waals surface area contributed by atoms with Crippen molar-refractivity contribution >= 4 is 66.3 Å². The second-order valence-electron chi connectivity index (χ2n) is 4.92. The monoisotopic (exact) mass is 685 g/mol. The zero-order valence-electron chi connectivity index (χ0n) is 13.1. The molecule has 1 aromatic rings. The van der Waals surface area contributed by atoms with E-state index in [4.69, 9.17) is 9.73 Å². The standard InChI is InChI=1S/C16H19N3O.2Pb/c1-4-5-14(17-2)8-9-19-11-13-6-7-15(20-3)10-16(13)18-12-19;;/h4-7,10-11H,8-9H2,1-3H3;;/b5-4-,17-14?;;. The minimum absolute atomic E-state index is 0.481. The molecule has 0 aromatic heterocycles. The normalized spacial score (nSPS) is 18.4. The Morgan fingerprint density at radius 2 is 2.27 bits per heavy atom. The Hall–Kier alpha value is -0.256. The van der Waals surface area contributed by atoms with Crippen LogP contribution in [-0.2, 0) is 0 Å². The Kier molecular flexibility index (Phi) is 7.03. The number of aliphatic imine (C=N–C) groups is 2. The molecule has 1 aliphatic rings. The van der Waals surface area contributed by atoms with Crippen LogP contribution in [0.25, 0.3) is 0 Å². The number of methoxy groups -OCH3 is 1. The fourth-order valence-electron chi connectivity index (χ4n) is 2.38. The van der Waals surface area contributed by atoms with E-state index in [0.717, 1.165) is 81.6 Å². The molecule has 1 heterocycles. The van der Waals surface area contributed by atoms with Gasteiger partial charge in [0, 0.05) is 0 Å². The third-order valence-electron chi connectivity index (χ3n) is 3.60. The molecule has 4 nitrogen and oxygen atoms in total. The fourth-order valence-corrected chi connectivity index (χ4v) is 7.66. The number of hydrogen-bond acceptors (Lipinski definition) is 4. The van der Waals surface area contributed by atoms with Crippen molar-refractivity contribution in [2.75, 3.05) is 20.7 Å². The summed E-state index contributed by atoms with van der Waals surface area (Å²) < 4.78 is 7.01. The van der Waals surface area contributed by atoms with E-state index in [1.54, 1.807) is 7.11 Å². The second-order valence-corrected chi connectivity index (χ2v) is 8.79. The van der Waals surface area contributed by atoms with Crippen molar-refractivity contribution in [2.45, 2.75) is 16.9 Å². The van der Waals surface area contributed by atoms with Gasteiger partial charge in [-0.3, -0.25) is 0 Å². The number of allylic oxidation sites excluding steroid dienone is 2. The van der Waals surface area contributed by atoms with Gasteiger partial charge < -0.3 is 0 Å². The van der Waals surface area contributed by atoms with Gasteiger partial charge in [-0.25, -0.2) is 0 Å². The van der Waals surface area contributed by atoms with Gasteiger partial charge in [0.05, 0.1) is 0 Å². The van der Waals surface area contributed by atoms with E-state index >= 15 is 0 Å². The molecule has 1 atom stereocenters. The zero-order chi connectivity index (χ0) is 16.1. The van der Waals surface area contributed by atoms with E-state index in [-0.39, 0.29) is 0 Å². The second kappa shape index (κ2) is 8.56. The quantitative estimate of drug-likeness (QED) is 0.354. The van der Waals surface area contributed by atoms with Crippen molar-refractivity contribution in [1.82, 2.24) is 4.90 Å². The van der Waals surface area contributed by atoms with Crippen LogP contribution in [0.3, 0.4) is 0 Å². The fraction of sp³-hybridized carbons (Fsp3) is 0.375. The number of rotatable bonds is 5. The number of hydrogen-bond donors (Lipinski definition) is 0. The van der Waals surface area contributed by atoms with Gasteiger partial charge in [-0.2, -0.15) is 0 Å². The summed E-state index contributed by atoms with van der Waals surface area (Å²) in [6.45, 7) is 3.02. The van der Waals surface area contributed by atoms with Gasteiger partial charge in [-0.15, -0.1) is 0 Å². The van der Waals surface area contributed by atoms with Gasteiger partial charge in [0.15, 0.2) is 0 Å². The van der Waals surface area contributed by atoms with Crippen molar-refractivity contribution in [3.05, 3.63) is 35.9 Å². The summed E-state index contributed by atoms with van der Waals surface area (Å²) in [5, 5.41) is 0. The Labute approximate surface area is 164 Å². The summed E-state index contributed by atoms with van der Waals surface area (Å²) in [5.41, 5.74) is 3.55. The molecular weight excluding hydrogens is 665 g/mol. The Morgan fingerprint density at radius 3 is 2.91 bits per heavy atom. The Morgan fingerprint density at radius 1 is 1.50 bits per heavy atom. The molecule has 1 unspecified atom stereocenters. The minimum atomic E-state index is 0.481. The van der Waals surface area contributed by atoms with E-state index in [2.05, 4.69) is 22.0 Å². The molecule has 0 saturated heterocycles. The maximum atomic E-state index is 5.31. The molecule has 1 aliphatic heterocycles. The van der Waals surface area contributed by atoms with Crippen molar-refractivity contribution in [1.29, 1.82) is 0 Å². The number of fused-ring (bicyclic) bond motifs is 1. The molecule has 0 saturated carbocycles. The van der Waals surface area contributed by atoms with Crippen molar-refractivity contribution in [2.24, 2.45) is 9.98 Å². The van der Waals surface area contributed by atoms with Crippen LogP contribution in [-0.4, -0.2) is 86.2 Å². The van der Waals surface area contributed by atoms with Crippen molar-refractivity contribution in [3.63, 3.8) is 0 Å². The van der Waals surface area contributed by atoms with Crippen LogP contribution in [0.5, 0.6) is 5.75 Å².